The zero-order chi connectivity index (χ0) is 15.6. The monoisotopic (exact) mass is 396 g/mol. The Labute approximate surface area is 138 Å². The number of benzene rings is 1. The van der Waals surface area contributed by atoms with Crippen LogP contribution in [0.5, 0.6) is 0 Å². The van der Waals surface area contributed by atoms with E-state index in [1.54, 1.807) is 19.2 Å². The molecule has 0 radical (unpaired) electrons. The number of hydrogen-bond donors (Lipinski definition) is 1. The van der Waals surface area contributed by atoms with E-state index in [-0.39, 0.29) is 28.6 Å². The van der Waals surface area contributed by atoms with Crippen molar-refractivity contribution < 1.29 is 13.2 Å². The molecule has 0 aromatic heterocycles. The predicted molar refractivity (Wildman–Crippen MR) is 85.9 cm³/mol. The Bertz CT molecular complexity index is 611. The highest BCUT2D eigenvalue weighted by Crippen LogP contribution is 2.31. The lowest BCUT2D eigenvalue weighted by molar-refractivity contribution is 0.0401. The molecular weight excluding hydrogens is 380 g/mol. The van der Waals surface area contributed by atoms with Gasteiger partial charge in [0.2, 0.25) is 10.0 Å². The van der Waals surface area contributed by atoms with Crippen LogP contribution < -0.4 is 5.73 Å². The molecule has 118 valence electrons. The summed E-state index contributed by atoms with van der Waals surface area (Å²) in [6.07, 6.45) is 1.30. The predicted octanol–water partition coefficient (Wildman–Crippen LogP) is 2.23. The molecule has 2 atom stereocenters. The van der Waals surface area contributed by atoms with Gasteiger partial charge >= 0.3 is 0 Å². The third kappa shape index (κ3) is 3.60. The number of piperidine rings is 1. The topological polar surface area (TPSA) is 72.6 Å². The molecule has 5 nitrogen and oxygen atoms in total. The summed E-state index contributed by atoms with van der Waals surface area (Å²) in [6, 6.07) is 4.48. The van der Waals surface area contributed by atoms with Gasteiger partial charge in [-0.05, 0) is 31.0 Å². The van der Waals surface area contributed by atoms with E-state index in [4.69, 9.17) is 22.1 Å². The van der Waals surface area contributed by atoms with Crippen LogP contribution in [0.25, 0.3) is 0 Å². The molecule has 1 aliphatic heterocycles. The van der Waals surface area contributed by atoms with E-state index in [1.165, 1.54) is 10.4 Å². The minimum atomic E-state index is -3.66. The first kappa shape index (κ1) is 17.2. The maximum Gasteiger partial charge on any atom is 0.244 e. The molecule has 1 aromatic carbocycles. The van der Waals surface area contributed by atoms with Crippen molar-refractivity contribution in [3.05, 3.63) is 27.7 Å². The number of rotatable bonds is 4. The zero-order valence-corrected chi connectivity index (χ0v) is 14.8. The first-order valence-electron chi connectivity index (χ1n) is 6.60. The molecule has 0 amide bonds. The number of halogens is 2. The number of nitrogens with zero attached hydrogens (tertiary/aromatic N) is 1. The summed E-state index contributed by atoms with van der Waals surface area (Å²) in [5.41, 5.74) is 5.75. The van der Waals surface area contributed by atoms with Gasteiger partial charge in [0.15, 0.2) is 0 Å². The van der Waals surface area contributed by atoms with E-state index in [1.807, 2.05) is 0 Å². The van der Waals surface area contributed by atoms with Crippen LogP contribution in [0.2, 0.25) is 5.02 Å². The average Bonchev–Trinajstić information content (AvgIpc) is 2.46. The first-order chi connectivity index (χ1) is 9.90. The fourth-order valence-corrected chi connectivity index (χ4v) is 5.22. The van der Waals surface area contributed by atoms with Crippen LogP contribution in [0.4, 0.5) is 0 Å². The summed E-state index contributed by atoms with van der Waals surface area (Å²) in [4.78, 5) is 0.113. The lowest BCUT2D eigenvalue weighted by Crippen LogP contribution is -2.51. The lowest BCUT2D eigenvalue weighted by atomic mass is 10.0. The van der Waals surface area contributed by atoms with Gasteiger partial charge in [-0.1, -0.05) is 27.5 Å². The molecule has 2 rings (SSSR count). The summed E-state index contributed by atoms with van der Waals surface area (Å²) in [7, 11) is -2.02. The van der Waals surface area contributed by atoms with Crippen molar-refractivity contribution in [3.8, 4) is 0 Å². The van der Waals surface area contributed by atoms with Crippen molar-refractivity contribution in [1.82, 2.24) is 4.31 Å². The van der Waals surface area contributed by atoms with Crippen molar-refractivity contribution in [2.45, 2.75) is 29.9 Å². The highest BCUT2D eigenvalue weighted by atomic mass is 79.9. The third-order valence-electron chi connectivity index (χ3n) is 3.70. The molecule has 1 heterocycles. The highest BCUT2D eigenvalue weighted by Gasteiger charge is 2.37. The summed E-state index contributed by atoms with van der Waals surface area (Å²) < 4.78 is 33.1. The molecule has 1 aliphatic rings. The summed E-state index contributed by atoms with van der Waals surface area (Å²) in [5, 5.41) is 0.203. The van der Waals surface area contributed by atoms with Gasteiger partial charge in [0.1, 0.15) is 4.90 Å². The lowest BCUT2D eigenvalue weighted by Gasteiger charge is -2.37. The Morgan fingerprint density at radius 3 is 2.81 bits per heavy atom. The molecule has 0 bridgehead atoms. The fourth-order valence-electron chi connectivity index (χ4n) is 2.55. The highest BCUT2D eigenvalue weighted by molar-refractivity contribution is 9.10. The fraction of sp³-hybridized carbons (Fsp3) is 0.538. The van der Waals surface area contributed by atoms with Gasteiger partial charge in [0, 0.05) is 30.7 Å². The molecule has 0 saturated carbocycles. The minimum Gasteiger partial charge on any atom is -0.381 e. The van der Waals surface area contributed by atoms with Crippen LogP contribution in [0.3, 0.4) is 0 Å². The molecule has 1 aromatic rings. The summed E-state index contributed by atoms with van der Waals surface area (Å²) in [6.45, 7) is 0.641. The van der Waals surface area contributed by atoms with Crippen molar-refractivity contribution in [2.24, 2.45) is 5.73 Å². The van der Waals surface area contributed by atoms with Crippen LogP contribution in [-0.2, 0) is 14.8 Å². The Kier molecular flexibility index (Phi) is 5.67. The van der Waals surface area contributed by atoms with E-state index in [0.717, 1.165) is 4.47 Å². The van der Waals surface area contributed by atoms with Crippen molar-refractivity contribution in [2.75, 3.05) is 20.2 Å². The van der Waals surface area contributed by atoms with Crippen LogP contribution in [0, 0.1) is 0 Å². The first-order valence-corrected chi connectivity index (χ1v) is 9.21. The van der Waals surface area contributed by atoms with E-state index >= 15 is 0 Å². The Morgan fingerprint density at radius 1 is 1.52 bits per heavy atom. The quantitative estimate of drug-likeness (QED) is 0.845. The second-order valence-corrected chi connectivity index (χ2v) is 8.14. The van der Waals surface area contributed by atoms with Gasteiger partial charge in [0.25, 0.3) is 0 Å². The summed E-state index contributed by atoms with van der Waals surface area (Å²) >= 11 is 9.36. The van der Waals surface area contributed by atoms with Gasteiger partial charge in [-0.3, -0.25) is 0 Å². The molecule has 0 spiro atoms. The van der Waals surface area contributed by atoms with E-state index in [0.29, 0.717) is 19.4 Å². The summed E-state index contributed by atoms with van der Waals surface area (Å²) in [5.74, 6) is 0. The van der Waals surface area contributed by atoms with Gasteiger partial charge in [-0.25, -0.2) is 8.42 Å². The standard InChI is InChI=1S/C13H18BrClN2O3S/c1-20-11-4-5-17(10(7-11)8-16)21(18,19)13-3-2-9(14)6-12(13)15/h2-3,6,10-11H,4-5,7-8,16H2,1H3. The Morgan fingerprint density at radius 2 is 2.24 bits per heavy atom. The van der Waals surface area contributed by atoms with Gasteiger partial charge < -0.3 is 10.5 Å². The maximum atomic E-state index is 12.8. The normalized spacial score (nSPS) is 24.2. The van der Waals surface area contributed by atoms with Crippen molar-refractivity contribution >= 4 is 37.6 Å². The molecule has 0 aliphatic carbocycles. The zero-order valence-electron chi connectivity index (χ0n) is 11.6. The molecule has 2 unspecified atom stereocenters. The van der Waals surface area contributed by atoms with Crippen molar-refractivity contribution in [3.63, 3.8) is 0 Å². The molecule has 1 fully saturated rings. The Balaban J connectivity index is 2.34. The van der Waals surface area contributed by atoms with Gasteiger partial charge in [0.05, 0.1) is 11.1 Å². The van der Waals surface area contributed by atoms with Crippen LogP contribution in [0.1, 0.15) is 12.8 Å². The number of ether oxygens (including phenoxy) is 1. The van der Waals surface area contributed by atoms with E-state index < -0.39 is 10.0 Å². The van der Waals surface area contributed by atoms with Crippen LogP contribution in [-0.4, -0.2) is 45.1 Å². The minimum absolute atomic E-state index is 0.0467. The van der Waals surface area contributed by atoms with Crippen LogP contribution in [0.15, 0.2) is 27.6 Å². The molecule has 2 N–H and O–H groups in total. The van der Waals surface area contributed by atoms with Gasteiger partial charge in [-0.15, -0.1) is 0 Å². The number of hydrogen-bond acceptors (Lipinski definition) is 4. The maximum absolute atomic E-state index is 12.8. The number of methoxy groups -OCH3 is 1. The van der Waals surface area contributed by atoms with E-state index in [2.05, 4.69) is 15.9 Å². The molecule has 1 saturated heterocycles. The molecule has 8 heteroatoms. The average molecular weight is 398 g/mol. The second kappa shape index (κ2) is 6.93. The van der Waals surface area contributed by atoms with Crippen LogP contribution >= 0.6 is 27.5 Å². The van der Waals surface area contributed by atoms with Crippen molar-refractivity contribution in [1.29, 1.82) is 0 Å². The van der Waals surface area contributed by atoms with Gasteiger partial charge in [-0.2, -0.15) is 4.31 Å². The number of sulfonamides is 1. The SMILES string of the molecule is COC1CCN(S(=O)(=O)c2ccc(Br)cc2Cl)C(CN)C1. The Hall–Kier alpha value is -0.180. The smallest absolute Gasteiger partial charge is 0.244 e. The molecular formula is C13H18BrClN2O3S. The number of nitrogens with two attached hydrogens (primary N) is 1. The largest absolute Gasteiger partial charge is 0.381 e. The second-order valence-electron chi connectivity index (χ2n) is 4.96. The van der Waals surface area contributed by atoms with E-state index in [9.17, 15) is 8.42 Å². The third-order valence-corrected chi connectivity index (χ3v) is 6.63. The molecule has 21 heavy (non-hydrogen) atoms.